The predicted molar refractivity (Wildman–Crippen MR) is 84.5 cm³/mol. The fraction of sp³-hybridized carbons (Fsp3) is 0.571. The summed E-state index contributed by atoms with van der Waals surface area (Å²) in [7, 11) is -4.00. The number of ether oxygens (including phenoxy) is 1. The molecule has 2 rings (SSSR count). The molecule has 0 saturated carbocycles. The SMILES string of the molecule is CSC1OC(COS(=O)(=O)c2ccc(C)cc2)C(O)C(O)C1O. The Hall–Kier alpha value is -0.680. The number of hydrogen-bond acceptors (Lipinski definition) is 8. The van der Waals surface area contributed by atoms with Crippen LogP contribution in [0.25, 0.3) is 0 Å². The molecule has 0 spiro atoms. The second-order valence-corrected chi connectivity index (χ2v) is 7.85. The van der Waals surface area contributed by atoms with Gasteiger partial charge in [0.15, 0.2) is 0 Å². The van der Waals surface area contributed by atoms with Crippen molar-refractivity contribution in [2.75, 3.05) is 12.9 Å². The van der Waals surface area contributed by atoms with Crippen molar-refractivity contribution in [2.24, 2.45) is 0 Å². The van der Waals surface area contributed by atoms with Crippen molar-refractivity contribution in [2.45, 2.75) is 41.7 Å². The van der Waals surface area contributed by atoms with E-state index in [1.54, 1.807) is 18.4 Å². The smallest absolute Gasteiger partial charge is 0.297 e. The Balaban J connectivity index is 2.05. The van der Waals surface area contributed by atoms with E-state index in [0.29, 0.717) is 0 Å². The molecule has 9 heteroatoms. The summed E-state index contributed by atoms with van der Waals surface area (Å²) >= 11 is 1.15. The molecule has 1 fully saturated rings. The standard InChI is InChI=1S/C14H20O7S2/c1-8-3-5-9(6-4-8)23(18,19)20-7-10-11(15)12(16)13(17)14(21-10)22-2/h3-6,10-17H,7H2,1-2H3. The number of hydrogen-bond donors (Lipinski definition) is 3. The van der Waals surface area contributed by atoms with Gasteiger partial charge in [-0.25, -0.2) is 0 Å². The van der Waals surface area contributed by atoms with Crippen LogP contribution in [0, 0.1) is 6.92 Å². The monoisotopic (exact) mass is 364 g/mol. The largest absolute Gasteiger partial charge is 0.387 e. The van der Waals surface area contributed by atoms with Gasteiger partial charge in [-0.1, -0.05) is 17.7 Å². The van der Waals surface area contributed by atoms with Crippen LogP contribution < -0.4 is 0 Å². The van der Waals surface area contributed by atoms with Crippen LogP contribution >= 0.6 is 11.8 Å². The lowest BCUT2D eigenvalue weighted by atomic mass is 10.0. The van der Waals surface area contributed by atoms with Crippen molar-refractivity contribution in [3.05, 3.63) is 29.8 Å². The second kappa shape index (κ2) is 7.47. The number of thioether (sulfide) groups is 1. The first-order valence-corrected chi connectivity index (χ1v) is 9.64. The van der Waals surface area contributed by atoms with Gasteiger partial charge in [0, 0.05) is 0 Å². The first kappa shape index (κ1) is 18.7. The zero-order valence-corrected chi connectivity index (χ0v) is 14.3. The fourth-order valence-electron chi connectivity index (χ4n) is 2.18. The van der Waals surface area contributed by atoms with E-state index in [2.05, 4.69) is 0 Å². The van der Waals surface area contributed by atoms with Crippen LogP contribution in [0.3, 0.4) is 0 Å². The molecule has 130 valence electrons. The van der Waals surface area contributed by atoms with Gasteiger partial charge in [-0.15, -0.1) is 11.8 Å². The maximum atomic E-state index is 12.1. The van der Waals surface area contributed by atoms with E-state index in [1.165, 1.54) is 12.1 Å². The Morgan fingerprint density at radius 2 is 1.74 bits per heavy atom. The highest BCUT2D eigenvalue weighted by Crippen LogP contribution is 2.27. The predicted octanol–water partition coefficient (Wildman–Crippen LogP) is -0.129. The van der Waals surface area contributed by atoms with E-state index >= 15 is 0 Å². The van der Waals surface area contributed by atoms with Gasteiger partial charge in [0.05, 0.1) is 11.5 Å². The first-order valence-electron chi connectivity index (χ1n) is 6.95. The Morgan fingerprint density at radius 1 is 1.13 bits per heavy atom. The molecule has 0 bridgehead atoms. The molecule has 1 aromatic rings. The van der Waals surface area contributed by atoms with Crippen molar-refractivity contribution in [3.8, 4) is 0 Å². The molecule has 1 aliphatic rings. The zero-order chi connectivity index (χ0) is 17.2. The number of aliphatic hydroxyl groups is 3. The van der Waals surface area contributed by atoms with Gasteiger partial charge in [0.2, 0.25) is 0 Å². The Bertz CT molecular complexity index is 615. The Morgan fingerprint density at radius 3 is 2.30 bits per heavy atom. The third kappa shape index (κ3) is 4.24. The molecule has 1 aliphatic heterocycles. The molecule has 1 aromatic carbocycles. The molecule has 0 aliphatic carbocycles. The molecular weight excluding hydrogens is 344 g/mol. The van der Waals surface area contributed by atoms with E-state index in [9.17, 15) is 23.7 Å². The molecule has 1 heterocycles. The van der Waals surface area contributed by atoms with Crippen molar-refractivity contribution in [1.29, 1.82) is 0 Å². The van der Waals surface area contributed by atoms with Crippen molar-refractivity contribution < 1.29 is 32.7 Å². The summed E-state index contributed by atoms with van der Waals surface area (Å²) in [5.41, 5.74) is 0.138. The van der Waals surface area contributed by atoms with Crippen LogP contribution in [0.4, 0.5) is 0 Å². The van der Waals surface area contributed by atoms with Crippen LogP contribution in [0.5, 0.6) is 0 Å². The molecule has 7 nitrogen and oxygen atoms in total. The quantitative estimate of drug-likeness (QED) is 0.620. The lowest BCUT2D eigenvalue weighted by Crippen LogP contribution is -2.57. The van der Waals surface area contributed by atoms with Crippen molar-refractivity contribution >= 4 is 21.9 Å². The van der Waals surface area contributed by atoms with Gasteiger partial charge in [-0.2, -0.15) is 8.42 Å². The van der Waals surface area contributed by atoms with E-state index in [1.807, 2.05) is 6.92 Å². The zero-order valence-electron chi connectivity index (χ0n) is 12.7. The van der Waals surface area contributed by atoms with E-state index in [-0.39, 0.29) is 4.90 Å². The molecule has 3 N–H and O–H groups in total. The average Bonchev–Trinajstić information content (AvgIpc) is 2.52. The molecule has 0 aromatic heterocycles. The molecule has 5 unspecified atom stereocenters. The number of aliphatic hydroxyl groups excluding tert-OH is 3. The van der Waals surface area contributed by atoms with Crippen LogP contribution in [0.1, 0.15) is 5.56 Å². The second-order valence-electron chi connectivity index (χ2n) is 5.30. The molecule has 23 heavy (non-hydrogen) atoms. The number of aryl methyl sites for hydroxylation is 1. The lowest BCUT2D eigenvalue weighted by Gasteiger charge is -2.39. The summed E-state index contributed by atoms with van der Waals surface area (Å²) in [4.78, 5) is -0.00426. The summed E-state index contributed by atoms with van der Waals surface area (Å²) in [5, 5.41) is 29.4. The highest BCUT2D eigenvalue weighted by atomic mass is 32.2. The molecule has 1 saturated heterocycles. The fourth-order valence-corrected chi connectivity index (χ4v) is 3.79. The minimum atomic E-state index is -4.00. The van der Waals surface area contributed by atoms with E-state index < -0.39 is 46.6 Å². The number of rotatable bonds is 5. The van der Waals surface area contributed by atoms with E-state index in [4.69, 9.17) is 8.92 Å². The normalized spacial score (nSPS) is 32.0. The maximum absolute atomic E-state index is 12.1. The van der Waals surface area contributed by atoms with E-state index in [0.717, 1.165) is 17.3 Å². The van der Waals surface area contributed by atoms with Gasteiger partial charge in [0.25, 0.3) is 10.1 Å². The molecule has 5 atom stereocenters. The topological polar surface area (TPSA) is 113 Å². The maximum Gasteiger partial charge on any atom is 0.297 e. The third-order valence-electron chi connectivity index (χ3n) is 3.60. The lowest BCUT2D eigenvalue weighted by molar-refractivity contribution is -0.203. The minimum absolute atomic E-state index is 0.00426. The Labute approximate surface area is 139 Å². The van der Waals surface area contributed by atoms with Gasteiger partial charge >= 0.3 is 0 Å². The van der Waals surface area contributed by atoms with Crippen LogP contribution in [-0.4, -0.2) is 66.5 Å². The summed E-state index contributed by atoms with van der Waals surface area (Å²) < 4.78 is 34.5. The minimum Gasteiger partial charge on any atom is -0.387 e. The third-order valence-corrected chi connectivity index (χ3v) is 5.75. The number of benzene rings is 1. The van der Waals surface area contributed by atoms with Gasteiger partial charge in [-0.3, -0.25) is 4.18 Å². The molecule has 0 radical (unpaired) electrons. The highest BCUT2D eigenvalue weighted by Gasteiger charge is 2.43. The van der Waals surface area contributed by atoms with Crippen LogP contribution in [-0.2, 0) is 19.0 Å². The van der Waals surface area contributed by atoms with Gasteiger partial charge in [0.1, 0.15) is 29.9 Å². The van der Waals surface area contributed by atoms with Crippen molar-refractivity contribution in [1.82, 2.24) is 0 Å². The van der Waals surface area contributed by atoms with Crippen LogP contribution in [0.2, 0.25) is 0 Å². The molecule has 0 amide bonds. The summed E-state index contributed by atoms with van der Waals surface area (Å²) in [5.74, 6) is 0. The van der Waals surface area contributed by atoms with Crippen LogP contribution in [0.15, 0.2) is 29.2 Å². The molecular formula is C14H20O7S2. The first-order chi connectivity index (χ1) is 10.8. The summed E-state index contributed by atoms with van der Waals surface area (Å²) in [6.07, 6.45) is -3.53. The summed E-state index contributed by atoms with van der Waals surface area (Å²) in [6, 6.07) is 6.14. The van der Waals surface area contributed by atoms with Gasteiger partial charge < -0.3 is 20.1 Å². The summed E-state index contributed by atoms with van der Waals surface area (Å²) in [6.45, 7) is 1.37. The average molecular weight is 364 g/mol. The van der Waals surface area contributed by atoms with Gasteiger partial charge in [-0.05, 0) is 25.3 Å². The van der Waals surface area contributed by atoms with Crippen molar-refractivity contribution in [3.63, 3.8) is 0 Å². The highest BCUT2D eigenvalue weighted by molar-refractivity contribution is 7.99. The Kier molecular flexibility index (Phi) is 6.06.